The largest absolute Gasteiger partial charge is 0.458 e. The first-order chi connectivity index (χ1) is 11.9. The standard InChI is InChI=1S/C17H22F8O2/c1-13(17(23,24)25,8-11(15(3,18)19)16(20,21)22)12(26)27-14(2)7-9-4-5-10(14)6-9/h9-11H,4-8H2,1-3H3. The third kappa shape index (κ3) is 4.18. The van der Waals surface area contributed by atoms with Gasteiger partial charge in [-0.25, -0.2) is 8.78 Å². The van der Waals surface area contributed by atoms with Crippen molar-refractivity contribution in [2.75, 3.05) is 0 Å². The molecule has 5 atom stereocenters. The lowest BCUT2D eigenvalue weighted by atomic mass is 9.77. The molecule has 0 aromatic rings. The van der Waals surface area contributed by atoms with Crippen molar-refractivity contribution in [3.63, 3.8) is 0 Å². The third-order valence-electron chi connectivity index (χ3n) is 6.12. The maximum atomic E-state index is 13.6. The molecule has 10 heteroatoms. The Labute approximate surface area is 151 Å². The first kappa shape index (κ1) is 22.2. The molecular weight excluding hydrogens is 388 g/mol. The zero-order valence-electron chi connectivity index (χ0n) is 15.1. The summed E-state index contributed by atoms with van der Waals surface area (Å²) in [7, 11) is 0. The van der Waals surface area contributed by atoms with Crippen LogP contribution >= 0.6 is 0 Å². The predicted molar refractivity (Wildman–Crippen MR) is 78.9 cm³/mol. The Morgan fingerprint density at radius 1 is 1.07 bits per heavy atom. The molecule has 0 spiro atoms. The number of ether oxygens (including phenoxy) is 1. The molecule has 0 aliphatic heterocycles. The van der Waals surface area contributed by atoms with Crippen LogP contribution in [0.4, 0.5) is 35.1 Å². The van der Waals surface area contributed by atoms with Crippen LogP contribution < -0.4 is 0 Å². The Hall–Kier alpha value is -1.09. The molecule has 158 valence electrons. The number of alkyl halides is 8. The number of esters is 1. The summed E-state index contributed by atoms with van der Waals surface area (Å²) >= 11 is 0. The molecule has 0 aromatic heterocycles. The highest BCUT2D eigenvalue weighted by atomic mass is 19.4. The van der Waals surface area contributed by atoms with Gasteiger partial charge in [0.05, 0.1) is 0 Å². The lowest BCUT2D eigenvalue weighted by Gasteiger charge is -2.40. The highest BCUT2D eigenvalue weighted by Gasteiger charge is 2.66. The molecule has 2 bridgehead atoms. The Balaban J connectivity index is 2.31. The van der Waals surface area contributed by atoms with Gasteiger partial charge in [-0.1, -0.05) is 0 Å². The van der Waals surface area contributed by atoms with Crippen LogP contribution in [-0.2, 0) is 9.53 Å². The fourth-order valence-corrected chi connectivity index (χ4v) is 4.31. The molecule has 0 heterocycles. The normalized spacial score (nSPS) is 32.3. The van der Waals surface area contributed by atoms with Crippen molar-refractivity contribution in [2.45, 2.75) is 76.8 Å². The summed E-state index contributed by atoms with van der Waals surface area (Å²) < 4.78 is 112. The molecule has 0 N–H and O–H groups in total. The molecule has 0 radical (unpaired) electrons. The molecular formula is C17H22F8O2. The summed E-state index contributed by atoms with van der Waals surface area (Å²) in [5, 5.41) is 0. The summed E-state index contributed by atoms with van der Waals surface area (Å²) in [5.74, 6) is -10.0. The minimum atomic E-state index is -5.61. The van der Waals surface area contributed by atoms with Gasteiger partial charge in [-0.05, 0) is 64.7 Å². The van der Waals surface area contributed by atoms with Crippen molar-refractivity contribution in [3.8, 4) is 0 Å². The highest BCUT2D eigenvalue weighted by molar-refractivity contribution is 5.78. The van der Waals surface area contributed by atoms with Crippen molar-refractivity contribution >= 4 is 5.97 Å². The summed E-state index contributed by atoms with van der Waals surface area (Å²) in [6, 6.07) is 0. The van der Waals surface area contributed by atoms with Crippen LogP contribution in [0.15, 0.2) is 0 Å². The number of fused-ring (bicyclic) bond motifs is 2. The van der Waals surface area contributed by atoms with E-state index in [2.05, 4.69) is 0 Å². The van der Waals surface area contributed by atoms with Crippen LogP contribution in [0.3, 0.4) is 0 Å². The number of hydrogen-bond acceptors (Lipinski definition) is 2. The van der Waals surface area contributed by atoms with Crippen LogP contribution in [0.5, 0.6) is 0 Å². The van der Waals surface area contributed by atoms with Gasteiger partial charge in [0.25, 0.3) is 5.92 Å². The summed E-state index contributed by atoms with van der Waals surface area (Å²) in [5.41, 5.74) is -4.91. The van der Waals surface area contributed by atoms with Gasteiger partial charge in [0.15, 0.2) is 5.41 Å². The van der Waals surface area contributed by atoms with Gasteiger partial charge in [0, 0.05) is 0 Å². The molecule has 0 saturated heterocycles. The van der Waals surface area contributed by atoms with Crippen molar-refractivity contribution in [3.05, 3.63) is 0 Å². The number of carbonyl (C=O) groups excluding carboxylic acids is 1. The van der Waals surface area contributed by atoms with Crippen molar-refractivity contribution in [2.24, 2.45) is 23.2 Å². The quantitative estimate of drug-likeness (QED) is 0.417. The molecule has 2 rings (SSSR count). The van der Waals surface area contributed by atoms with Crippen LogP contribution in [0, 0.1) is 23.2 Å². The van der Waals surface area contributed by atoms with Gasteiger partial charge in [0.2, 0.25) is 0 Å². The Bertz CT molecular complexity index is 565. The van der Waals surface area contributed by atoms with Gasteiger partial charge in [0.1, 0.15) is 11.5 Å². The minimum Gasteiger partial charge on any atom is -0.458 e. The van der Waals surface area contributed by atoms with E-state index in [0.29, 0.717) is 19.3 Å². The fraction of sp³-hybridized carbons (Fsp3) is 0.941. The van der Waals surface area contributed by atoms with Crippen LogP contribution in [0.25, 0.3) is 0 Å². The highest BCUT2D eigenvalue weighted by Crippen LogP contribution is 2.55. The number of halogens is 8. The van der Waals surface area contributed by atoms with Crippen molar-refractivity contribution < 1.29 is 44.7 Å². The number of rotatable bonds is 5. The van der Waals surface area contributed by atoms with Gasteiger partial charge in [-0.3, -0.25) is 4.79 Å². The molecule has 2 nitrogen and oxygen atoms in total. The smallest absolute Gasteiger partial charge is 0.404 e. The predicted octanol–water partition coefficient (Wildman–Crippen LogP) is 5.90. The fourth-order valence-electron chi connectivity index (χ4n) is 4.31. The second-order valence-electron chi connectivity index (χ2n) is 8.37. The SMILES string of the molecule is CC(F)(F)C(CC(C)(C(=O)OC1(C)CC2CCC1C2)C(F)(F)F)C(F)(F)F. The first-order valence-corrected chi connectivity index (χ1v) is 8.65. The lowest BCUT2D eigenvalue weighted by Crippen LogP contribution is -2.52. The molecule has 2 saturated carbocycles. The Kier molecular flexibility index (Phi) is 5.32. The van der Waals surface area contributed by atoms with Crippen LogP contribution in [0.1, 0.15) is 52.9 Å². The molecule has 2 aliphatic rings. The third-order valence-corrected chi connectivity index (χ3v) is 6.12. The summed E-state index contributed by atoms with van der Waals surface area (Å²) in [6.07, 6.45) is -10.7. The van der Waals surface area contributed by atoms with E-state index < -0.39 is 47.6 Å². The van der Waals surface area contributed by atoms with Gasteiger partial charge in [-0.15, -0.1) is 0 Å². The van der Waals surface area contributed by atoms with E-state index in [1.807, 2.05) is 0 Å². The summed E-state index contributed by atoms with van der Waals surface area (Å²) in [6.45, 7) is 1.56. The topological polar surface area (TPSA) is 26.3 Å². The van der Waals surface area contributed by atoms with E-state index >= 15 is 0 Å². The number of carbonyl (C=O) groups is 1. The molecule has 5 unspecified atom stereocenters. The molecule has 2 fully saturated rings. The Morgan fingerprint density at radius 3 is 1.96 bits per heavy atom. The monoisotopic (exact) mass is 410 g/mol. The van der Waals surface area contributed by atoms with Gasteiger partial charge < -0.3 is 4.74 Å². The van der Waals surface area contributed by atoms with Gasteiger partial charge in [-0.2, -0.15) is 26.3 Å². The zero-order valence-corrected chi connectivity index (χ0v) is 15.1. The van der Waals surface area contributed by atoms with Crippen LogP contribution in [0.2, 0.25) is 0 Å². The zero-order chi connectivity index (χ0) is 21.1. The van der Waals surface area contributed by atoms with Crippen molar-refractivity contribution in [1.82, 2.24) is 0 Å². The Morgan fingerprint density at radius 2 is 1.63 bits per heavy atom. The van der Waals surface area contributed by atoms with Crippen molar-refractivity contribution in [1.29, 1.82) is 0 Å². The maximum Gasteiger partial charge on any atom is 0.404 e. The molecule has 0 amide bonds. The lowest BCUT2D eigenvalue weighted by molar-refractivity contribution is -0.276. The van der Waals surface area contributed by atoms with Crippen LogP contribution in [-0.4, -0.2) is 29.8 Å². The second kappa shape index (κ2) is 6.47. The second-order valence-corrected chi connectivity index (χ2v) is 8.37. The van der Waals surface area contributed by atoms with E-state index in [1.54, 1.807) is 0 Å². The van der Waals surface area contributed by atoms with E-state index in [0.717, 1.165) is 6.42 Å². The first-order valence-electron chi connectivity index (χ1n) is 8.65. The molecule has 2 aliphatic carbocycles. The summed E-state index contributed by atoms with van der Waals surface area (Å²) in [4.78, 5) is 12.4. The van der Waals surface area contributed by atoms with E-state index in [-0.39, 0.29) is 25.7 Å². The van der Waals surface area contributed by atoms with Gasteiger partial charge >= 0.3 is 18.3 Å². The minimum absolute atomic E-state index is 0.107. The van der Waals surface area contributed by atoms with E-state index in [9.17, 15) is 39.9 Å². The number of hydrogen-bond donors (Lipinski definition) is 0. The van der Waals surface area contributed by atoms with E-state index in [4.69, 9.17) is 4.74 Å². The molecule has 0 aromatic carbocycles. The average molecular weight is 410 g/mol. The molecule has 27 heavy (non-hydrogen) atoms. The maximum absolute atomic E-state index is 13.6. The average Bonchev–Trinajstić information content (AvgIpc) is 3.00. The van der Waals surface area contributed by atoms with E-state index in [1.165, 1.54) is 6.92 Å².